The maximum absolute atomic E-state index is 13.0. The molecule has 2 saturated heterocycles. The van der Waals surface area contributed by atoms with Gasteiger partial charge >= 0.3 is 0 Å². The molecule has 4 aliphatic rings. The smallest absolute Gasteiger partial charge is 0.262 e. The third-order valence-electron chi connectivity index (χ3n) is 7.25. The van der Waals surface area contributed by atoms with Crippen LogP contribution in [0.25, 0.3) is 0 Å². The van der Waals surface area contributed by atoms with Gasteiger partial charge in [-0.3, -0.25) is 29.4 Å². The number of imide groups is 2. The minimum absolute atomic E-state index is 0.122. The van der Waals surface area contributed by atoms with Gasteiger partial charge in [-0.05, 0) is 68.7 Å². The number of fused-ring (bicyclic) bond motifs is 2. The van der Waals surface area contributed by atoms with Crippen molar-refractivity contribution in [3.63, 3.8) is 0 Å². The Hall–Kier alpha value is -2.58. The highest BCUT2D eigenvalue weighted by Crippen LogP contribution is 2.31. The maximum atomic E-state index is 13.0. The highest BCUT2D eigenvalue weighted by atomic mass is 16.2. The third-order valence-corrected chi connectivity index (χ3v) is 7.25. The van der Waals surface area contributed by atoms with Crippen LogP contribution in [0.15, 0.2) is 18.2 Å². The van der Waals surface area contributed by atoms with Gasteiger partial charge in [0.1, 0.15) is 6.04 Å². The average molecular weight is 425 g/mol. The largest absolute Gasteiger partial charge is 0.314 e. The molecular formula is C23H28N4O4. The number of benzene rings is 1. The molecule has 3 N–H and O–H groups in total. The van der Waals surface area contributed by atoms with Gasteiger partial charge in [0, 0.05) is 25.0 Å². The molecule has 3 fully saturated rings. The van der Waals surface area contributed by atoms with Gasteiger partial charge < -0.3 is 10.6 Å². The Morgan fingerprint density at radius 1 is 1.00 bits per heavy atom. The lowest BCUT2D eigenvalue weighted by atomic mass is 9.77. The third kappa shape index (κ3) is 3.78. The Labute approximate surface area is 181 Å². The lowest BCUT2D eigenvalue weighted by Gasteiger charge is -2.40. The zero-order chi connectivity index (χ0) is 21.5. The van der Waals surface area contributed by atoms with Gasteiger partial charge in [-0.2, -0.15) is 0 Å². The molecule has 4 atom stereocenters. The van der Waals surface area contributed by atoms with Crippen molar-refractivity contribution in [2.45, 2.75) is 69.6 Å². The fourth-order valence-electron chi connectivity index (χ4n) is 5.56. The van der Waals surface area contributed by atoms with E-state index in [-0.39, 0.29) is 18.7 Å². The molecule has 1 aliphatic carbocycles. The summed E-state index contributed by atoms with van der Waals surface area (Å²) in [5, 5.41) is 9.50. The lowest BCUT2D eigenvalue weighted by Crippen LogP contribution is -2.54. The van der Waals surface area contributed by atoms with E-state index < -0.39 is 23.8 Å². The average Bonchev–Trinajstić information content (AvgIpc) is 3.02. The van der Waals surface area contributed by atoms with Gasteiger partial charge in [-0.1, -0.05) is 6.07 Å². The number of hydrogen-bond donors (Lipinski definition) is 3. The van der Waals surface area contributed by atoms with Crippen molar-refractivity contribution in [1.82, 2.24) is 20.9 Å². The molecule has 3 heterocycles. The highest BCUT2D eigenvalue weighted by molar-refractivity contribution is 6.23. The summed E-state index contributed by atoms with van der Waals surface area (Å²) in [5.74, 6) is -1.07. The van der Waals surface area contributed by atoms with Crippen LogP contribution < -0.4 is 16.0 Å². The number of nitrogens with one attached hydrogen (secondary N) is 3. The Bertz CT molecular complexity index is 946. The molecule has 0 aromatic heterocycles. The molecule has 8 nitrogen and oxygen atoms in total. The molecule has 5 rings (SSSR count). The summed E-state index contributed by atoms with van der Waals surface area (Å²) in [5.41, 5.74) is 1.61. The van der Waals surface area contributed by atoms with Crippen LogP contribution in [-0.4, -0.2) is 53.2 Å². The Kier molecular flexibility index (Phi) is 5.35. The fourth-order valence-corrected chi connectivity index (χ4v) is 5.56. The fraction of sp³-hybridized carbons (Fsp3) is 0.565. The van der Waals surface area contributed by atoms with Gasteiger partial charge in [-0.15, -0.1) is 0 Å². The van der Waals surface area contributed by atoms with Crippen LogP contribution >= 0.6 is 0 Å². The Morgan fingerprint density at radius 3 is 2.68 bits per heavy atom. The molecule has 31 heavy (non-hydrogen) atoms. The normalized spacial score (nSPS) is 30.8. The second kappa shape index (κ2) is 8.16. The van der Waals surface area contributed by atoms with E-state index in [2.05, 4.69) is 16.0 Å². The summed E-state index contributed by atoms with van der Waals surface area (Å²) in [4.78, 5) is 50.4. The number of carbonyl (C=O) groups excluding carboxylic acids is 4. The molecule has 0 radical (unpaired) electrons. The maximum Gasteiger partial charge on any atom is 0.262 e. The summed E-state index contributed by atoms with van der Waals surface area (Å²) >= 11 is 0. The highest BCUT2D eigenvalue weighted by Gasteiger charge is 2.44. The molecule has 3 aliphatic heterocycles. The van der Waals surface area contributed by atoms with E-state index in [4.69, 9.17) is 0 Å². The summed E-state index contributed by atoms with van der Waals surface area (Å²) in [6.45, 7) is 1.74. The second-order valence-electron chi connectivity index (χ2n) is 9.18. The van der Waals surface area contributed by atoms with Gasteiger partial charge in [0.15, 0.2) is 0 Å². The van der Waals surface area contributed by atoms with Crippen molar-refractivity contribution in [2.75, 3.05) is 6.54 Å². The monoisotopic (exact) mass is 424 g/mol. The first-order chi connectivity index (χ1) is 15.0. The van der Waals surface area contributed by atoms with Crippen LogP contribution in [0.4, 0.5) is 0 Å². The molecule has 0 spiro atoms. The SMILES string of the molecule is O=C1CCC(N2C(=O)c3ccc(CNC4CCC5CCCNC5C4)cc3C2=O)C(=O)N1. The summed E-state index contributed by atoms with van der Waals surface area (Å²) in [7, 11) is 0. The predicted octanol–water partition coefficient (Wildman–Crippen LogP) is 1.10. The molecule has 1 saturated carbocycles. The van der Waals surface area contributed by atoms with Crippen molar-refractivity contribution < 1.29 is 19.2 Å². The van der Waals surface area contributed by atoms with Gasteiger partial charge in [0.2, 0.25) is 11.8 Å². The number of rotatable bonds is 4. The molecule has 4 unspecified atom stereocenters. The minimum atomic E-state index is -0.926. The van der Waals surface area contributed by atoms with E-state index in [1.54, 1.807) is 12.1 Å². The summed E-state index contributed by atoms with van der Waals surface area (Å²) in [6.07, 6.45) is 6.42. The minimum Gasteiger partial charge on any atom is -0.314 e. The molecular weight excluding hydrogens is 396 g/mol. The van der Waals surface area contributed by atoms with Crippen LogP contribution in [0.1, 0.15) is 71.2 Å². The number of carbonyl (C=O) groups is 4. The van der Waals surface area contributed by atoms with E-state index >= 15 is 0 Å². The first kappa shape index (κ1) is 20.3. The van der Waals surface area contributed by atoms with Crippen molar-refractivity contribution in [1.29, 1.82) is 0 Å². The zero-order valence-electron chi connectivity index (χ0n) is 17.5. The zero-order valence-corrected chi connectivity index (χ0v) is 17.5. The first-order valence-electron chi connectivity index (χ1n) is 11.3. The number of nitrogens with zero attached hydrogens (tertiary/aromatic N) is 1. The van der Waals surface area contributed by atoms with Gasteiger partial charge in [0.05, 0.1) is 11.1 Å². The van der Waals surface area contributed by atoms with E-state index in [1.165, 1.54) is 19.3 Å². The van der Waals surface area contributed by atoms with Crippen LogP contribution in [0.3, 0.4) is 0 Å². The van der Waals surface area contributed by atoms with Crippen molar-refractivity contribution in [3.05, 3.63) is 34.9 Å². The Balaban J connectivity index is 1.25. The Morgan fingerprint density at radius 2 is 1.84 bits per heavy atom. The van der Waals surface area contributed by atoms with Crippen molar-refractivity contribution >= 4 is 23.6 Å². The summed E-state index contributed by atoms with van der Waals surface area (Å²) < 4.78 is 0. The first-order valence-corrected chi connectivity index (χ1v) is 11.3. The predicted molar refractivity (Wildman–Crippen MR) is 112 cm³/mol. The van der Waals surface area contributed by atoms with E-state index in [0.717, 1.165) is 35.8 Å². The molecule has 1 aromatic rings. The lowest BCUT2D eigenvalue weighted by molar-refractivity contribution is -0.136. The standard InChI is InChI=1S/C23H28N4O4/c28-20-8-7-19(21(29)26-20)27-22(30)16-6-3-13(10-17(16)23(27)31)12-25-15-5-4-14-2-1-9-24-18(14)11-15/h3,6,10,14-15,18-19,24-25H,1-2,4-5,7-9,11-12H2,(H,26,28,29). The molecule has 8 heteroatoms. The van der Waals surface area contributed by atoms with Crippen LogP contribution in [-0.2, 0) is 16.1 Å². The second-order valence-corrected chi connectivity index (χ2v) is 9.18. The van der Waals surface area contributed by atoms with E-state index in [1.807, 2.05) is 6.07 Å². The van der Waals surface area contributed by atoms with Crippen molar-refractivity contribution in [2.24, 2.45) is 5.92 Å². The molecule has 1 aromatic carbocycles. The van der Waals surface area contributed by atoms with Crippen LogP contribution in [0.2, 0.25) is 0 Å². The topological polar surface area (TPSA) is 108 Å². The van der Waals surface area contributed by atoms with Crippen LogP contribution in [0, 0.1) is 5.92 Å². The number of piperidine rings is 2. The summed E-state index contributed by atoms with van der Waals surface area (Å²) in [6, 6.07) is 5.43. The van der Waals surface area contributed by atoms with E-state index in [9.17, 15) is 19.2 Å². The quantitative estimate of drug-likeness (QED) is 0.625. The molecule has 4 amide bonds. The van der Waals surface area contributed by atoms with Crippen LogP contribution in [0.5, 0.6) is 0 Å². The van der Waals surface area contributed by atoms with Gasteiger partial charge in [-0.25, -0.2) is 0 Å². The van der Waals surface area contributed by atoms with Crippen molar-refractivity contribution in [3.8, 4) is 0 Å². The molecule has 164 valence electrons. The molecule has 0 bridgehead atoms. The van der Waals surface area contributed by atoms with Gasteiger partial charge in [0.25, 0.3) is 11.8 Å². The number of hydrogen-bond acceptors (Lipinski definition) is 6. The van der Waals surface area contributed by atoms with E-state index in [0.29, 0.717) is 29.8 Å². The number of amides is 4.